The van der Waals surface area contributed by atoms with Crippen LogP contribution in [0.25, 0.3) is 11.1 Å². The van der Waals surface area contributed by atoms with E-state index < -0.39 is 53.4 Å². The van der Waals surface area contributed by atoms with Gasteiger partial charge in [0.05, 0.1) is 6.33 Å². The van der Waals surface area contributed by atoms with Gasteiger partial charge in [0.25, 0.3) is 0 Å². The molecule has 0 saturated carbocycles. The number of aromatic nitrogens is 2. The number of rotatable bonds is 14. The maximum absolute atomic E-state index is 13.7. The second-order valence-electron chi connectivity index (χ2n) is 12.8. The van der Waals surface area contributed by atoms with Crippen molar-refractivity contribution in [1.29, 1.82) is 0 Å². The highest BCUT2D eigenvalue weighted by atomic mass is 16.5. The number of imidazole rings is 1. The van der Waals surface area contributed by atoms with Crippen molar-refractivity contribution in [2.24, 2.45) is 5.73 Å². The Morgan fingerprint density at radius 2 is 1.42 bits per heavy atom. The van der Waals surface area contributed by atoms with Crippen LogP contribution in [0.4, 0.5) is 4.79 Å². The Bertz CT molecular complexity index is 1800. The summed E-state index contributed by atoms with van der Waals surface area (Å²) >= 11 is 0. The second kappa shape index (κ2) is 15.5. The first-order chi connectivity index (χ1) is 23.9. The van der Waals surface area contributed by atoms with Gasteiger partial charge in [-0.3, -0.25) is 19.2 Å². The van der Waals surface area contributed by atoms with Crippen LogP contribution in [0.2, 0.25) is 0 Å². The van der Waals surface area contributed by atoms with E-state index >= 15 is 0 Å². The van der Waals surface area contributed by atoms with Crippen molar-refractivity contribution < 1.29 is 28.7 Å². The van der Waals surface area contributed by atoms with Crippen LogP contribution in [0.3, 0.4) is 0 Å². The maximum Gasteiger partial charge on any atom is 0.407 e. The number of nitrogens with one attached hydrogen (secondary N) is 5. The number of hydrogen-bond donors (Lipinski definition) is 6. The van der Waals surface area contributed by atoms with Crippen LogP contribution in [0, 0.1) is 0 Å². The van der Waals surface area contributed by atoms with Crippen LogP contribution in [-0.4, -0.2) is 70.0 Å². The normalized spacial score (nSPS) is 13.9. The fraction of sp³-hybridized carbons (Fsp3) is 0.297. The SMILES string of the molecule is C[C@H](NC(=O)[C@H](Cc1ccccc1)NC(=O)C(C)(C)NC(=O)[C@@H](Cc1cnc[nH]1)NC(=O)OCC1c2ccccc2-c2ccccc21)C(N)=O. The van der Waals surface area contributed by atoms with Crippen LogP contribution < -0.4 is 27.0 Å². The number of primary amides is 1. The lowest BCUT2D eigenvalue weighted by Gasteiger charge is -2.30. The molecule has 1 aliphatic carbocycles. The summed E-state index contributed by atoms with van der Waals surface area (Å²) in [6, 6.07) is 21.7. The summed E-state index contributed by atoms with van der Waals surface area (Å²) in [5.74, 6) is -2.87. The highest BCUT2D eigenvalue weighted by molar-refractivity contribution is 5.97. The van der Waals surface area contributed by atoms with Crippen molar-refractivity contribution in [2.45, 2.75) is 63.2 Å². The number of carbonyl (C=O) groups excluding carboxylic acids is 5. The molecule has 260 valence electrons. The molecule has 4 aromatic rings. The summed E-state index contributed by atoms with van der Waals surface area (Å²) in [5.41, 5.74) is 9.36. The van der Waals surface area contributed by atoms with Gasteiger partial charge >= 0.3 is 6.09 Å². The van der Waals surface area contributed by atoms with Crippen molar-refractivity contribution in [3.63, 3.8) is 0 Å². The van der Waals surface area contributed by atoms with Crippen molar-refractivity contribution in [1.82, 2.24) is 31.2 Å². The van der Waals surface area contributed by atoms with Gasteiger partial charge in [0, 0.05) is 30.7 Å². The molecule has 5 rings (SSSR count). The lowest BCUT2D eigenvalue weighted by Crippen LogP contribution is -2.62. The van der Waals surface area contributed by atoms with Gasteiger partial charge in [-0.05, 0) is 48.6 Å². The van der Waals surface area contributed by atoms with Gasteiger partial charge in [-0.15, -0.1) is 0 Å². The van der Waals surface area contributed by atoms with Crippen molar-refractivity contribution in [3.8, 4) is 11.1 Å². The third-order valence-corrected chi connectivity index (χ3v) is 8.62. The summed E-state index contributed by atoms with van der Waals surface area (Å²) in [4.78, 5) is 72.2. The van der Waals surface area contributed by atoms with Crippen LogP contribution in [0.5, 0.6) is 0 Å². The fourth-order valence-electron chi connectivity index (χ4n) is 5.84. The van der Waals surface area contributed by atoms with Gasteiger partial charge in [-0.2, -0.15) is 0 Å². The van der Waals surface area contributed by atoms with Crippen LogP contribution >= 0.6 is 0 Å². The third-order valence-electron chi connectivity index (χ3n) is 8.62. The first-order valence-corrected chi connectivity index (χ1v) is 16.3. The molecule has 0 bridgehead atoms. The van der Waals surface area contributed by atoms with Gasteiger partial charge in [0.1, 0.15) is 30.3 Å². The molecule has 3 aromatic carbocycles. The Morgan fingerprint density at radius 1 is 0.820 bits per heavy atom. The Morgan fingerprint density at radius 3 is 2.02 bits per heavy atom. The number of H-pyrrole nitrogens is 1. The summed E-state index contributed by atoms with van der Waals surface area (Å²) in [5, 5.41) is 10.6. The van der Waals surface area contributed by atoms with Gasteiger partial charge in [0.2, 0.25) is 23.6 Å². The molecular weight excluding hydrogens is 638 g/mol. The average Bonchev–Trinajstić information content (AvgIpc) is 3.73. The van der Waals surface area contributed by atoms with E-state index in [1.807, 2.05) is 54.6 Å². The molecule has 0 aliphatic heterocycles. The first-order valence-electron chi connectivity index (χ1n) is 16.3. The van der Waals surface area contributed by atoms with E-state index in [1.54, 1.807) is 24.3 Å². The molecule has 0 unspecified atom stereocenters. The standard InChI is InChI=1S/C37H41N7O6/c1-22(32(38)45)41-33(46)30(17-23-11-5-4-6-12-23)42-35(48)37(2,3)44-34(47)31(18-24-19-39-21-40-24)43-36(49)50-20-29-27-15-9-7-13-25(27)26-14-8-10-16-28(26)29/h4-16,19,21-22,29-31H,17-18,20H2,1-3H3,(H2,38,45)(H,39,40)(H,41,46)(H,42,48)(H,43,49)(H,44,47)/t22-,30-,31+/m0/s1. The van der Waals surface area contributed by atoms with Crippen LogP contribution in [0.15, 0.2) is 91.4 Å². The van der Waals surface area contributed by atoms with Crippen LogP contribution in [-0.2, 0) is 36.8 Å². The van der Waals surface area contributed by atoms with Gasteiger partial charge in [-0.25, -0.2) is 9.78 Å². The van der Waals surface area contributed by atoms with E-state index in [0.717, 1.165) is 27.8 Å². The highest BCUT2D eigenvalue weighted by Gasteiger charge is 2.36. The number of amides is 5. The highest BCUT2D eigenvalue weighted by Crippen LogP contribution is 2.44. The Kier molecular flexibility index (Phi) is 10.9. The summed E-state index contributed by atoms with van der Waals surface area (Å²) < 4.78 is 5.69. The lowest BCUT2D eigenvalue weighted by atomic mass is 9.98. The maximum atomic E-state index is 13.7. The minimum Gasteiger partial charge on any atom is -0.449 e. The molecule has 5 amide bonds. The van der Waals surface area contributed by atoms with Gasteiger partial charge < -0.3 is 36.7 Å². The second-order valence-corrected chi connectivity index (χ2v) is 12.8. The molecule has 13 nitrogen and oxygen atoms in total. The molecule has 7 N–H and O–H groups in total. The van der Waals surface area contributed by atoms with Crippen molar-refractivity contribution >= 4 is 29.7 Å². The molecule has 3 atom stereocenters. The molecule has 13 heteroatoms. The molecular formula is C37H41N7O6. The largest absolute Gasteiger partial charge is 0.449 e. The number of ether oxygens (including phenoxy) is 1. The monoisotopic (exact) mass is 679 g/mol. The van der Waals surface area contributed by atoms with Gasteiger partial charge in [-0.1, -0.05) is 78.9 Å². The topological polar surface area (TPSA) is 197 Å². The first kappa shape index (κ1) is 35.3. The molecule has 0 spiro atoms. The average molecular weight is 680 g/mol. The van der Waals surface area contributed by atoms with E-state index in [-0.39, 0.29) is 25.4 Å². The molecule has 0 radical (unpaired) electrons. The minimum atomic E-state index is -1.54. The zero-order valence-corrected chi connectivity index (χ0v) is 28.1. The lowest BCUT2D eigenvalue weighted by molar-refractivity contribution is -0.136. The number of nitrogens with two attached hydrogens (primary N) is 1. The number of fused-ring (bicyclic) bond motifs is 3. The number of carbonyl (C=O) groups is 5. The Labute approximate surface area is 289 Å². The number of nitrogens with zero attached hydrogens (tertiary/aromatic N) is 1. The van der Waals surface area contributed by atoms with E-state index in [9.17, 15) is 24.0 Å². The van der Waals surface area contributed by atoms with E-state index in [4.69, 9.17) is 10.5 Å². The zero-order valence-electron chi connectivity index (χ0n) is 28.1. The van der Waals surface area contributed by atoms with Crippen molar-refractivity contribution in [3.05, 3.63) is 114 Å². The van der Waals surface area contributed by atoms with E-state index in [1.165, 1.54) is 33.3 Å². The predicted octanol–water partition coefficient (Wildman–Crippen LogP) is 2.47. The molecule has 50 heavy (non-hydrogen) atoms. The van der Waals surface area contributed by atoms with Crippen molar-refractivity contribution in [2.75, 3.05) is 6.61 Å². The summed E-state index contributed by atoms with van der Waals surface area (Å²) in [6.07, 6.45) is 2.30. The zero-order chi connectivity index (χ0) is 35.8. The number of hydrogen-bond acceptors (Lipinski definition) is 7. The summed E-state index contributed by atoms with van der Waals surface area (Å²) in [6.45, 7) is 4.44. The van der Waals surface area contributed by atoms with Crippen LogP contribution in [0.1, 0.15) is 49.1 Å². The minimum absolute atomic E-state index is 0.0256. The number of benzene rings is 3. The molecule has 1 heterocycles. The molecule has 0 fully saturated rings. The third kappa shape index (κ3) is 8.53. The quantitative estimate of drug-likeness (QED) is 0.118. The van der Waals surface area contributed by atoms with Gasteiger partial charge in [0.15, 0.2) is 0 Å². The number of alkyl carbamates (subject to hydrolysis) is 1. The molecule has 0 saturated heterocycles. The summed E-state index contributed by atoms with van der Waals surface area (Å²) in [7, 11) is 0. The smallest absolute Gasteiger partial charge is 0.407 e. The molecule has 1 aliphatic rings. The number of aromatic amines is 1. The van der Waals surface area contributed by atoms with E-state index in [0.29, 0.717) is 5.69 Å². The fourth-order valence-corrected chi connectivity index (χ4v) is 5.84. The molecule has 1 aromatic heterocycles. The Hall–Kier alpha value is -5.98. The van der Waals surface area contributed by atoms with E-state index in [2.05, 4.69) is 31.2 Å². The predicted molar refractivity (Wildman–Crippen MR) is 185 cm³/mol. The Balaban J connectivity index is 1.26.